The van der Waals surface area contributed by atoms with E-state index < -0.39 is 18.1 Å². The molecule has 37 heavy (non-hydrogen) atoms. The monoisotopic (exact) mass is 545 g/mol. The van der Waals surface area contributed by atoms with Gasteiger partial charge < -0.3 is 29.9 Å². The highest BCUT2D eigenvalue weighted by Gasteiger charge is 2.42. The lowest BCUT2D eigenvalue weighted by atomic mass is 9.90. The average Bonchev–Trinajstić information content (AvgIpc) is 3.36. The number of amides is 4. The second-order valence-electron chi connectivity index (χ2n) is 9.89. The van der Waals surface area contributed by atoms with E-state index in [1.165, 1.54) is 11.9 Å². The highest BCUT2D eigenvalue weighted by atomic mass is 32.2. The van der Waals surface area contributed by atoms with Crippen LogP contribution in [0.2, 0.25) is 0 Å². The first kappa shape index (κ1) is 33.1. The predicted molar refractivity (Wildman–Crippen MR) is 144 cm³/mol. The van der Waals surface area contributed by atoms with Gasteiger partial charge >= 0.3 is 0 Å². The summed E-state index contributed by atoms with van der Waals surface area (Å²) in [5.74, 6) is -0.301. The molecule has 1 saturated heterocycles. The summed E-state index contributed by atoms with van der Waals surface area (Å²) in [5, 5.41) is 10.9. The molecule has 12 heteroatoms. The van der Waals surface area contributed by atoms with E-state index in [0.717, 1.165) is 19.3 Å². The molecule has 6 unspecified atom stereocenters. The maximum absolute atomic E-state index is 13.6. The minimum atomic E-state index is -0.537. The molecular weight excluding hydrogens is 498 g/mol. The summed E-state index contributed by atoms with van der Waals surface area (Å²) in [6.07, 6.45) is 1.90. The van der Waals surface area contributed by atoms with Gasteiger partial charge in [-0.3, -0.25) is 24.3 Å². The molecule has 1 rings (SSSR count). The van der Waals surface area contributed by atoms with Crippen molar-refractivity contribution in [1.29, 1.82) is 0 Å². The van der Waals surface area contributed by atoms with Crippen LogP contribution in [0.1, 0.15) is 53.4 Å². The van der Waals surface area contributed by atoms with Crippen LogP contribution < -0.4 is 15.8 Å². The van der Waals surface area contributed by atoms with Gasteiger partial charge in [0.25, 0.3) is 0 Å². The van der Waals surface area contributed by atoms with Crippen LogP contribution >= 0.6 is 11.9 Å². The van der Waals surface area contributed by atoms with Gasteiger partial charge in [0.15, 0.2) is 0 Å². The molecule has 4 amide bonds. The molecule has 0 aromatic carbocycles. The fourth-order valence-electron chi connectivity index (χ4n) is 5.14. The molecule has 0 radical (unpaired) electrons. The Balaban J connectivity index is 3.04. The van der Waals surface area contributed by atoms with E-state index in [2.05, 4.69) is 10.6 Å². The molecule has 1 aliphatic heterocycles. The van der Waals surface area contributed by atoms with Crippen LogP contribution in [0.5, 0.6) is 0 Å². The lowest BCUT2D eigenvalue weighted by Crippen LogP contribution is -2.54. The smallest absolute Gasteiger partial charge is 0.242 e. The highest BCUT2D eigenvalue weighted by Crippen LogP contribution is 2.29. The number of likely N-dealkylation sites (tertiary alicyclic amines) is 1. The first-order chi connectivity index (χ1) is 17.6. The van der Waals surface area contributed by atoms with Gasteiger partial charge in [-0.15, -0.1) is 0 Å². The Morgan fingerprint density at radius 3 is 2.43 bits per heavy atom. The van der Waals surface area contributed by atoms with E-state index in [1.54, 1.807) is 31.1 Å². The third-order valence-corrected chi connectivity index (χ3v) is 8.07. The Hall–Kier alpha value is -1.89. The number of nitrogens with two attached hydrogens (primary N) is 1. The van der Waals surface area contributed by atoms with Crippen molar-refractivity contribution in [2.45, 2.75) is 83.7 Å². The molecular formula is C25H47N5O6S. The van der Waals surface area contributed by atoms with Gasteiger partial charge in [0.1, 0.15) is 0 Å². The second kappa shape index (κ2) is 16.8. The minimum Gasteiger partial charge on any atom is -0.379 e. The van der Waals surface area contributed by atoms with Crippen molar-refractivity contribution < 1.29 is 28.7 Å². The number of ether oxygens (including phenoxy) is 2. The van der Waals surface area contributed by atoms with Crippen LogP contribution in [0, 0.1) is 11.8 Å². The van der Waals surface area contributed by atoms with Crippen LogP contribution in [-0.4, -0.2) is 104 Å². The molecule has 0 bridgehead atoms. The van der Waals surface area contributed by atoms with E-state index in [4.69, 9.17) is 14.6 Å². The zero-order valence-electron chi connectivity index (χ0n) is 23.4. The Morgan fingerprint density at radius 2 is 1.89 bits per heavy atom. The number of hydrogen-bond acceptors (Lipinski definition) is 8. The predicted octanol–water partition coefficient (Wildman–Crippen LogP) is 0.764. The van der Waals surface area contributed by atoms with E-state index in [0.29, 0.717) is 18.7 Å². The normalized spacial score (nSPS) is 20.3. The summed E-state index contributed by atoms with van der Waals surface area (Å²) in [4.78, 5) is 53.1. The molecule has 0 spiro atoms. The number of carbonyl (C=O) groups excluding carboxylic acids is 4. The molecule has 1 aliphatic rings. The summed E-state index contributed by atoms with van der Waals surface area (Å²) in [6, 6.07) is -0.677. The number of methoxy groups -OCH3 is 2. The molecule has 7 atom stereocenters. The van der Waals surface area contributed by atoms with E-state index in [9.17, 15) is 19.2 Å². The third kappa shape index (κ3) is 9.42. The number of nitrogens with zero attached hydrogens (tertiary/aromatic N) is 2. The Kier molecular flexibility index (Phi) is 15.1. The van der Waals surface area contributed by atoms with Crippen molar-refractivity contribution in [2.24, 2.45) is 17.0 Å². The fourth-order valence-corrected chi connectivity index (χ4v) is 5.51. The number of hydrogen-bond donors (Lipinski definition) is 3. The molecule has 0 saturated carbocycles. The van der Waals surface area contributed by atoms with Crippen LogP contribution in [0.15, 0.2) is 0 Å². The van der Waals surface area contributed by atoms with Gasteiger partial charge in [-0.2, -0.15) is 0 Å². The van der Waals surface area contributed by atoms with Crippen LogP contribution in [0.4, 0.5) is 0 Å². The summed E-state index contributed by atoms with van der Waals surface area (Å²) >= 11 is 1.17. The van der Waals surface area contributed by atoms with E-state index in [1.807, 2.05) is 27.7 Å². The summed E-state index contributed by atoms with van der Waals surface area (Å²) in [7, 11) is 4.79. The van der Waals surface area contributed by atoms with Crippen LogP contribution in [-0.2, 0) is 28.7 Å². The zero-order chi connectivity index (χ0) is 28.1. The molecule has 1 fully saturated rings. The standard InChI is InChI=1S/C25H47N5O6S/c1-8-16(2)23(29(5)22(33)13-27-15-31)20(35-6)12-21(32)30-11-9-10-19(30)24(36-7)18(4)25(34)28-17(3)14-37-26/h15-20,23-24H,8-14,26H2,1-7H3,(H,27,31)(H,28,34)/t16?,17-,18?,19?,20?,23?,24?/m0/s1. The quantitative estimate of drug-likeness (QED) is 0.180. The van der Waals surface area contributed by atoms with E-state index >= 15 is 0 Å². The largest absolute Gasteiger partial charge is 0.379 e. The lowest BCUT2D eigenvalue weighted by Gasteiger charge is -2.39. The SMILES string of the molecule is CCC(C)C(C(CC(=O)N1CCCC1C(OC)C(C)C(=O)N[C@@H](C)CSN)OC)N(C)C(=O)CNC=O. The van der Waals surface area contributed by atoms with Crippen molar-refractivity contribution in [3.63, 3.8) is 0 Å². The fraction of sp³-hybridized carbons (Fsp3) is 0.840. The molecule has 0 aromatic heterocycles. The van der Waals surface area contributed by atoms with E-state index in [-0.39, 0.29) is 54.7 Å². The van der Waals surface area contributed by atoms with Gasteiger partial charge in [0, 0.05) is 39.6 Å². The first-order valence-electron chi connectivity index (χ1n) is 13.0. The maximum atomic E-state index is 13.6. The van der Waals surface area contributed by atoms with Gasteiger partial charge in [-0.05, 0) is 25.7 Å². The first-order valence-corrected chi connectivity index (χ1v) is 14.0. The number of carbonyl (C=O) groups is 4. The van der Waals surface area contributed by atoms with Crippen molar-refractivity contribution >= 4 is 36.1 Å². The lowest BCUT2D eigenvalue weighted by molar-refractivity contribution is -0.145. The third-order valence-electron chi connectivity index (χ3n) is 7.38. The summed E-state index contributed by atoms with van der Waals surface area (Å²) in [6.45, 7) is 8.20. The Bertz CT molecular complexity index is 744. The molecule has 0 aliphatic carbocycles. The number of likely N-dealkylation sites (N-methyl/N-ethyl adjacent to an activating group) is 1. The summed E-state index contributed by atoms with van der Waals surface area (Å²) < 4.78 is 11.6. The van der Waals surface area contributed by atoms with Crippen molar-refractivity contribution in [3.05, 3.63) is 0 Å². The molecule has 1 heterocycles. The average molecular weight is 546 g/mol. The van der Waals surface area contributed by atoms with Gasteiger partial charge in [-0.25, -0.2) is 0 Å². The van der Waals surface area contributed by atoms with Crippen LogP contribution in [0.3, 0.4) is 0 Å². The van der Waals surface area contributed by atoms with Crippen molar-refractivity contribution in [3.8, 4) is 0 Å². The maximum Gasteiger partial charge on any atom is 0.242 e. The number of nitrogens with one attached hydrogen (secondary N) is 2. The topological polar surface area (TPSA) is 143 Å². The Labute approximate surface area is 226 Å². The molecule has 0 aromatic rings. The summed E-state index contributed by atoms with van der Waals surface area (Å²) in [5.41, 5.74) is 0. The second-order valence-corrected chi connectivity index (χ2v) is 10.6. The van der Waals surface area contributed by atoms with Crippen molar-refractivity contribution in [1.82, 2.24) is 20.4 Å². The molecule has 11 nitrogen and oxygen atoms in total. The zero-order valence-corrected chi connectivity index (χ0v) is 24.2. The van der Waals surface area contributed by atoms with Gasteiger partial charge in [-0.1, -0.05) is 39.1 Å². The molecule has 4 N–H and O–H groups in total. The van der Waals surface area contributed by atoms with Crippen molar-refractivity contribution in [2.75, 3.05) is 40.1 Å². The number of rotatable bonds is 17. The van der Waals surface area contributed by atoms with Gasteiger partial charge in [0.2, 0.25) is 24.1 Å². The highest BCUT2D eigenvalue weighted by molar-refractivity contribution is 7.97. The van der Waals surface area contributed by atoms with Crippen LogP contribution in [0.25, 0.3) is 0 Å². The Morgan fingerprint density at radius 1 is 1.22 bits per heavy atom. The minimum absolute atomic E-state index is 0.0569. The molecule has 214 valence electrons. The van der Waals surface area contributed by atoms with Gasteiger partial charge in [0.05, 0.1) is 43.2 Å².